The van der Waals surface area contributed by atoms with Crippen LogP contribution in [-0.2, 0) is 9.53 Å². The van der Waals surface area contributed by atoms with Crippen molar-refractivity contribution < 1.29 is 19.7 Å². The Kier molecular flexibility index (Phi) is 2.70. The van der Waals surface area contributed by atoms with Crippen LogP contribution in [0.2, 0.25) is 0 Å². The maximum Gasteiger partial charge on any atom is 0.264 e. The number of carbonyl (C=O) groups is 1. The molecule has 0 aromatic rings. The van der Waals surface area contributed by atoms with Crippen LogP contribution in [-0.4, -0.2) is 35.3 Å². The average Bonchev–Trinajstić information content (AvgIpc) is 2.38. The predicted molar refractivity (Wildman–Crippen MR) is 46.2 cm³/mol. The molecule has 0 aromatic heterocycles. The number of hydrogen-bond acceptors (Lipinski definition) is 5. The molecule has 0 aromatic carbocycles. The van der Waals surface area contributed by atoms with E-state index < -0.39 is 23.8 Å². The first-order valence-electron chi connectivity index (χ1n) is 3.82. The zero-order valence-corrected chi connectivity index (χ0v) is 7.52. The van der Waals surface area contributed by atoms with Gasteiger partial charge in [0.15, 0.2) is 0 Å². The number of aliphatic hydroxyl groups is 2. The van der Waals surface area contributed by atoms with E-state index in [2.05, 4.69) is 6.58 Å². The van der Waals surface area contributed by atoms with E-state index in [1.54, 1.807) is 0 Å². The van der Waals surface area contributed by atoms with E-state index in [1.807, 2.05) is 0 Å². The normalized spacial score (nSPS) is 26.5. The fourth-order valence-corrected chi connectivity index (χ4v) is 1.36. The van der Waals surface area contributed by atoms with E-state index in [9.17, 15) is 15.0 Å². The average molecular weight is 195 g/mol. The first-order valence-corrected chi connectivity index (χ1v) is 3.82. The Balaban J connectivity index is 3.13. The van der Waals surface area contributed by atoms with E-state index >= 15 is 0 Å². The van der Waals surface area contributed by atoms with Crippen molar-refractivity contribution in [2.45, 2.75) is 12.2 Å². The number of Topliss-reactive ketones (excluding diaryl/α,β-unsaturated/α-hetero) is 1. The Hall–Kier alpha value is -1.64. The van der Waals surface area contributed by atoms with Gasteiger partial charge in [-0.25, -0.2) is 0 Å². The van der Waals surface area contributed by atoms with Crippen LogP contribution in [0, 0.1) is 11.3 Å². The molecule has 0 saturated heterocycles. The fourth-order valence-electron chi connectivity index (χ4n) is 1.36. The first kappa shape index (κ1) is 10.4. The largest absolute Gasteiger partial charge is 0.507 e. The van der Waals surface area contributed by atoms with E-state index in [1.165, 1.54) is 13.2 Å². The SMILES string of the molecule is C=C1C(O)=C(C(=O)C#N)C(O)C1OC. The number of ether oxygens (including phenoxy) is 1. The van der Waals surface area contributed by atoms with Crippen LogP contribution in [0.4, 0.5) is 0 Å². The Morgan fingerprint density at radius 1 is 1.71 bits per heavy atom. The van der Waals surface area contributed by atoms with Crippen LogP contribution in [0.15, 0.2) is 23.5 Å². The number of hydrogen-bond donors (Lipinski definition) is 2. The van der Waals surface area contributed by atoms with Crippen molar-refractivity contribution in [3.63, 3.8) is 0 Å². The van der Waals surface area contributed by atoms with E-state index in [0.717, 1.165) is 0 Å². The van der Waals surface area contributed by atoms with E-state index in [4.69, 9.17) is 10.00 Å². The Morgan fingerprint density at radius 3 is 2.64 bits per heavy atom. The van der Waals surface area contributed by atoms with Crippen molar-refractivity contribution >= 4 is 5.78 Å². The topological polar surface area (TPSA) is 90.5 Å². The molecule has 0 heterocycles. The summed E-state index contributed by atoms with van der Waals surface area (Å²) < 4.78 is 4.82. The minimum Gasteiger partial charge on any atom is -0.507 e. The van der Waals surface area contributed by atoms with Gasteiger partial charge >= 0.3 is 0 Å². The molecule has 0 saturated carbocycles. The summed E-state index contributed by atoms with van der Waals surface area (Å²) in [4.78, 5) is 11.0. The second-order valence-electron chi connectivity index (χ2n) is 2.83. The van der Waals surface area contributed by atoms with Gasteiger partial charge in [0.1, 0.15) is 24.0 Å². The standard InChI is InChI=1S/C9H9NO4/c1-4-7(12)6(5(11)3-10)8(13)9(4)14-2/h8-9,12-13H,1H2,2H3. The maximum absolute atomic E-state index is 11.0. The molecule has 0 aliphatic heterocycles. The molecule has 1 aliphatic rings. The van der Waals surface area contributed by atoms with Gasteiger partial charge < -0.3 is 14.9 Å². The van der Waals surface area contributed by atoms with Crippen molar-refractivity contribution in [1.82, 2.24) is 0 Å². The van der Waals surface area contributed by atoms with Crippen LogP contribution in [0.5, 0.6) is 0 Å². The fraction of sp³-hybridized carbons (Fsp3) is 0.333. The molecule has 0 spiro atoms. The van der Waals surface area contributed by atoms with Gasteiger partial charge in [-0.1, -0.05) is 6.58 Å². The molecule has 2 N–H and O–H groups in total. The summed E-state index contributed by atoms with van der Waals surface area (Å²) in [5.74, 6) is -1.42. The highest BCUT2D eigenvalue weighted by Gasteiger charge is 2.40. The van der Waals surface area contributed by atoms with Crippen molar-refractivity contribution in [3.8, 4) is 6.07 Å². The predicted octanol–water partition coefficient (Wildman–Crippen LogP) is -0.163. The first-order chi connectivity index (χ1) is 6.54. The summed E-state index contributed by atoms with van der Waals surface area (Å²) >= 11 is 0. The van der Waals surface area contributed by atoms with Gasteiger partial charge in [0.25, 0.3) is 5.78 Å². The zero-order valence-electron chi connectivity index (χ0n) is 7.52. The third kappa shape index (κ3) is 1.31. The number of methoxy groups -OCH3 is 1. The van der Waals surface area contributed by atoms with Crippen LogP contribution < -0.4 is 0 Å². The number of nitrogens with zero attached hydrogens (tertiary/aromatic N) is 1. The lowest BCUT2D eigenvalue weighted by Gasteiger charge is -2.13. The molecule has 0 bridgehead atoms. The monoisotopic (exact) mass is 195 g/mol. The van der Waals surface area contributed by atoms with E-state index in [-0.39, 0.29) is 11.1 Å². The minimum absolute atomic E-state index is 0.110. The molecule has 0 amide bonds. The highest BCUT2D eigenvalue weighted by Crippen LogP contribution is 2.31. The molecular formula is C9H9NO4. The third-order valence-corrected chi connectivity index (χ3v) is 2.09. The molecular weight excluding hydrogens is 186 g/mol. The molecule has 1 rings (SSSR count). The molecule has 0 radical (unpaired) electrons. The van der Waals surface area contributed by atoms with Gasteiger partial charge in [0.05, 0.1) is 5.57 Å². The molecule has 2 unspecified atom stereocenters. The quantitative estimate of drug-likeness (QED) is 0.597. The molecule has 0 fully saturated rings. The second-order valence-corrected chi connectivity index (χ2v) is 2.83. The lowest BCUT2D eigenvalue weighted by atomic mass is 10.1. The van der Waals surface area contributed by atoms with Crippen molar-refractivity contribution in [3.05, 3.63) is 23.5 Å². The third-order valence-electron chi connectivity index (χ3n) is 2.09. The minimum atomic E-state index is -1.32. The number of carbonyl (C=O) groups excluding carboxylic acids is 1. The van der Waals surface area contributed by atoms with Gasteiger partial charge in [-0.3, -0.25) is 4.79 Å². The van der Waals surface area contributed by atoms with Gasteiger partial charge in [-0.15, -0.1) is 0 Å². The number of nitriles is 1. The second kappa shape index (κ2) is 3.62. The summed E-state index contributed by atoms with van der Waals surface area (Å²) in [6, 6.07) is 1.32. The maximum atomic E-state index is 11.0. The molecule has 5 heteroatoms. The van der Waals surface area contributed by atoms with Crippen molar-refractivity contribution in [2.75, 3.05) is 7.11 Å². The lowest BCUT2D eigenvalue weighted by Crippen LogP contribution is -2.27. The Labute approximate surface area is 80.5 Å². The smallest absolute Gasteiger partial charge is 0.264 e. The summed E-state index contributed by atoms with van der Waals surface area (Å²) in [5.41, 5.74) is -0.233. The molecule has 5 nitrogen and oxygen atoms in total. The zero-order chi connectivity index (χ0) is 10.9. The number of ketones is 1. The van der Waals surface area contributed by atoms with Gasteiger partial charge in [0.2, 0.25) is 0 Å². The van der Waals surface area contributed by atoms with E-state index in [0.29, 0.717) is 0 Å². The summed E-state index contributed by atoms with van der Waals surface area (Å²) in [6.45, 7) is 3.45. The highest BCUT2D eigenvalue weighted by atomic mass is 16.5. The molecule has 2 atom stereocenters. The van der Waals surface area contributed by atoms with Crippen LogP contribution >= 0.6 is 0 Å². The molecule has 14 heavy (non-hydrogen) atoms. The lowest BCUT2D eigenvalue weighted by molar-refractivity contribution is -0.112. The van der Waals surface area contributed by atoms with Crippen molar-refractivity contribution in [1.29, 1.82) is 5.26 Å². The van der Waals surface area contributed by atoms with Gasteiger partial charge in [-0.05, 0) is 0 Å². The van der Waals surface area contributed by atoms with Crippen molar-refractivity contribution in [2.24, 2.45) is 0 Å². The van der Waals surface area contributed by atoms with Crippen LogP contribution in [0.3, 0.4) is 0 Å². The Morgan fingerprint density at radius 2 is 2.29 bits per heavy atom. The van der Waals surface area contributed by atoms with Crippen LogP contribution in [0.25, 0.3) is 0 Å². The van der Waals surface area contributed by atoms with Crippen LogP contribution in [0.1, 0.15) is 0 Å². The number of rotatable bonds is 2. The summed E-state index contributed by atoms with van der Waals surface area (Å²) in [6.07, 6.45) is -2.18. The molecule has 1 aliphatic carbocycles. The highest BCUT2D eigenvalue weighted by molar-refractivity contribution is 6.09. The Bertz CT molecular complexity index is 363. The number of aliphatic hydroxyl groups excluding tert-OH is 2. The summed E-state index contributed by atoms with van der Waals surface area (Å²) in [7, 11) is 1.31. The van der Waals surface area contributed by atoms with Gasteiger partial charge in [-0.2, -0.15) is 5.26 Å². The summed E-state index contributed by atoms with van der Waals surface area (Å²) in [5, 5.41) is 27.3. The van der Waals surface area contributed by atoms with Gasteiger partial charge in [0, 0.05) is 12.7 Å². The molecule has 74 valence electrons.